The van der Waals surface area contributed by atoms with Gasteiger partial charge in [-0.3, -0.25) is 4.90 Å². The largest absolute Gasteiger partial charge is 0.393 e. The molecule has 3 aromatic carbocycles. The molecule has 0 aliphatic rings. The highest BCUT2D eigenvalue weighted by Gasteiger charge is 2.24. The van der Waals surface area contributed by atoms with E-state index in [1.165, 1.54) is 16.7 Å². The van der Waals surface area contributed by atoms with Gasteiger partial charge in [0.2, 0.25) is 0 Å². The van der Waals surface area contributed by atoms with Crippen molar-refractivity contribution >= 4 is 0 Å². The van der Waals surface area contributed by atoms with Crippen LogP contribution in [0.25, 0.3) is 0 Å². The van der Waals surface area contributed by atoms with Gasteiger partial charge in [0.25, 0.3) is 0 Å². The standard InChI is InChI=1S/C28H35NO/c1-23(2)18-19-27(30)20-28(26-16-10-5-11-17-26)29(21-24-12-6-3-7-13-24)22-25-14-8-4-9-15-25/h3-17,23,27-28,30H,18-22H2,1-2H3/t27-,28-/m0/s1. The Morgan fingerprint density at radius 2 is 1.13 bits per heavy atom. The quantitative estimate of drug-likeness (QED) is 0.390. The van der Waals surface area contributed by atoms with Crippen LogP contribution in [0.3, 0.4) is 0 Å². The summed E-state index contributed by atoms with van der Waals surface area (Å²) in [5, 5.41) is 10.9. The minimum Gasteiger partial charge on any atom is -0.393 e. The zero-order valence-electron chi connectivity index (χ0n) is 18.3. The van der Waals surface area contributed by atoms with Crippen molar-refractivity contribution in [2.75, 3.05) is 0 Å². The van der Waals surface area contributed by atoms with Gasteiger partial charge in [-0.15, -0.1) is 0 Å². The van der Waals surface area contributed by atoms with Crippen LogP contribution < -0.4 is 0 Å². The Labute approximate surface area is 182 Å². The predicted molar refractivity (Wildman–Crippen MR) is 126 cm³/mol. The van der Waals surface area contributed by atoms with E-state index in [9.17, 15) is 5.11 Å². The van der Waals surface area contributed by atoms with Crippen molar-refractivity contribution in [1.29, 1.82) is 0 Å². The molecule has 0 saturated heterocycles. The summed E-state index contributed by atoms with van der Waals surface area (Å²) in [6, 6.07) is 32.1. The van der Waals surface area contributed by atoms with Crippen molar-refractivity contribution in [3.8, 4) is 0 Å². The summed E-state index contributed by atoms with van der Waals surface area (Å²) < 4.78 is 0. The molecule has 0 aliphatic carbocycles. The average molecular weight is 402 g/mol. The van der Waals surface area contributed by atoms with E-state index in [0.717, 1.165) is 32.4 Å². The molecule has 0 fully saturated rings. The zero-order chi connectivity index (χ0) is 21.2. The number of benzene rings is 3. The lowest BCUT2D eigenvalue weighted by molar-refractivity contribution is 0.0830. The Hall–Kier alpha value is -2.42. The molecule has 0 bridgehead atoms. The van der Waals surface area contributed by atoms with E-state index in [0.29, 0.717) is 5.92 Å². The highest BCUT2D eigenvalue weighted by molar-refractivity contribution is 5.22. The third kappa shape index (κ3) is 7.12. The predicted octanol–water partition coefficient (Wildman–Crippen LogP) is 6.62. The van der Waals surface area contributed by atoms with Gasteiger partial charge < -0.3 is 5.11 Å². The van der Waals surface area contributed by atoms with Gasteiger partial charge in [0.15, 0.2) is 0 Å². The normalized spacial score (nSPS) is 13.5. The number of nitrogens with zero attached hydrogens (tertiary/aromatic N) is 1. The molecule has 0 amide bonds. The molecule has 0 aliphatic heterocycles. The molecule has 0 saturated carbocycles. The second kappa shape index (κ2) is 11.7. The third-order valence-electron chi connectivity index (χ3n) is 5.65. The summed E-state index contributed by atoms with van der Waals surface area (Å²) in [4.78, 5) is 2.51. The SMILES string of the molecule is CC(C)CC[C@H](O)C[C@@H](c1ccccc1)N(Cc1ccccc1)Cc1ccccc1. The van der Waals surface area contributed by atoms with Gasteiger partial charge in [-0.25, -0.2) is 0 Å². The lowest BCUT2D eigenvalue weighted by atomic mass is 9.94. The summed E-state index contributed by atoms with van der Waals surface area (Å²) in [5.74, 6) is 0.611. The Balaban J connectivity index is 1.88. The molecule has 30 heavy (non-hydrogen) atoms. The lowest BCUT2D eigenvalue weighted by Crippen LogP contribution is -2.31. The van der Waals surface area contributed by atoms with E-state index in [4.69, 9.17) is 0 Å². The van der Waals surface area contributed by atoms with Crippen molar-refractivity contribution < 1.29 is 5.11 Å². The molecule has 0 unspecified atom stereocenters. The van der Waals surface area contributed by atoms with Crippen LogP contribution in [0.2, 0.25) is 0 Å². The first-order valence-electron chi connectivity index (χ1n) is 11.2. The van der Waals surface area contributed by atoms with Crippen molar-refractivity contribution in [1.82, 2.24) is 4.90 Å². The first kappa shape index (κ1) is 22.3. The van der Waals surface area contributed by atoms with Crippen molar-refractivity contribution in [3.63, 3.8) is 0 Å². The maximum Gasteiger partial charge on any atom is 0.0558 e. The minimum absolute atomic E-state index is 0.161. The van der Waals surface area contributed by atoms with Gasteiger partial charge in [-0.1, -0.05) is 105 Å². The van der Waals surface area contributed by atoms with Crippen LogP contribution in [0.4, 0.5) is 0 Å². The van der Waals surface area contributed by atoms with Gasteiger partial charge in [-0.05, 0) is 41.9 Å². The second-order valence-corrected chi connectivity index (χ2v) is 8.66. The average Bonchev–Trinajstić information content (AvgIpc) is 2.78. The highest BCUT2D eigenvalue weighted by Crippen LogP contribution is 2.30. The number of rotatable bonds is 11. The summed E-state index contributed by atoms with van der Waals surface area (Å²) >= 11 is 0. The molecule has 3 rings (SSSR count). The smallest absolute Gasteiger partial charge is 0.0558 e. The van der Waals surface area contributed by atoms with Gasteiger partial charge in [0.05, 0.1) is 6.10 Å². The van der Waals surface area contributed by atoms with Gasteiger partial charge in [-0.2, -0.15) is 0 Å². The fourth-order valence-electron chi connectivity index (χ4n) is 3.98. The van der Waals surface area contributed by atoms with Gasteiger partial charge >= 0.3 is 0 Å². The Bertz CT molecular complexity index is 791. The van der Waals surface area contributed by atoms with E-state index < -0.39 is 0 Å². The molecular weight excluding hydrogens is 366 g/mol. The van der Waals surface area contributed by atoms with E-state index in [-0.39, 0.29) is 12.1 Å². The van der Waals surface area contributed by atoms with E-state index >= 15 is 0 Å². The van der Waals surface area contributed by atoms with E-state index in [2.05, 4.69) is 110 Å². The molecule has 0 heterocycles. The van der Waals surface area contributed by atoms with E-state index in [1.54, 1.807) is 0 Å². The van der Waals surface area contributed by atoms with Crippen LogP contribution in [0.15, 0.2) is 91.0 Å². The summed E-state index contributed by atoms with van der Waals surface area (Å²) in [7, 11) is 0. The fraction of sp³-hybridized carbons (Fsp3) is 0.357. The van der Waals surface area contributed by atoms with Gasteiger partial charge in [0.1, 0.15) is 0 Å². The van der Waals surface area contributed by atoms with E-state index in [1.807, 2.05) is 0 Å². The summed E-state index contributed by atoms with van der Waals surface area (Å²) in [6.45, 7) is 6.15. The molecule has 2 nitrogen and oxygen atoms in total. The summed E-state index contributed by atoms with van der Waals surface area (Å²) in [5.41, 5.74) is 3.87. The minimum atomic E-state index is -0.299. The third-order valence-corrected chi connectivity index (χ3v) is 5.65. The first-order chi connectivity index (χ1) is 14.6. The molecule has 3 aromatic rings. The number of hydrogen-bond acceptors (Lipinski definition) is 2. The van der Waals surface area contributed by atoms with Crippen LogP contribution in [0.1, 0.15) is 55.8 Å². The number of aliphatic hydroxyl groups is 1. The van der Waals surface area contributed by atoms with Crippen LogP contribution >= 0.6 is 0 Å². The highest BCUT2D eigenvalue weighted by atomic mass is 16.3. The van der Waals surface area contributed by atoms with Crippen LogP contribution in [-0.2, 0) is 13.1 Å². The van der Waals surface area contributed by atoms with Crippen molar-refractivity contribution in [2.24, 2.45) is 5.92 Å². The second-order valence-electron chi connectivity index (χ2n) is 8.66. The molecule has 0 aromatic heterocycles. The van der Waals surface area contributed by atoms with Crippen LogP contribution in [0.5, 0.6) is 0 Å². The summed E-state index contributed by atoms with van der Waals surface area (Å²) in [6.07, 6.45) is 2.36. The van der Waals surface area contributed by atoms with Gasteiger partial charge in [0, 0.05) is 19.1 Å². The Kier molecular flexibility index (Phi) is 8.67. The molecular formula is C28H35NO. The van der Waals surface area contributed by atoms with Crippen LogP contribution in [0, 0.1) is 5.92 Å². The first-order valence-corrected chi connectivity index (χ1v) is 11.2. The molecule has 0 spiro atoms. The molecule has 2 heteroatoms. The zero-order valence-corrected chi connectivity index (χ0v) is 18.3. The molecule has 0 radical (unpaired) electrons. The maximum atomic E-state index is 10.9. The topological polar surface area (TPSA) is 23.5 Å². The Morgan fingerprint density at radius 3 is 1.60 bits per heavy atom. The fourth-order valence-corrected chi connectivity index (χ4v) is 3.98. The lowest BCUT2D eigenvalue weighted by Gasteiger charge is -2.34. The van der Waals surface area contributed by atoms with Crippen molar-refractivity contribution in [2.45, 2.75) is 58.3 Å². The Morgan fingerprint density at radius 1 is 0.667 bits per heavy atom. The van der Waals surface area contributed by atoms with Crippen molar-refractivity contribution in [3.05, 3.63) is 108 Å². The molecule has 2 atom stereocenters. The maximum absolute atomic E-state index is 10.9. The number of hydrogen-bond donors (Lipinski definition) is 1. The monoisotopic (exact) mass is 401 g/mol. The molecule has 158 valence electrons. The number of aliphatic hydroxyl groups excluding tert-OH is 1. The van der Waals surface area contributed by atoms with Crippen LogP contribution in [-0.4, -0.2) is 16.1 Å². The molecule has 1 N–H and O–H groups in total.